The molecule has 0 aromatic heterocycles. The van der Waals surface area contributed by atoms with Crippen LogP contribution in [0.3, 0.4) is 0 Å². The highest BCUT2D eigenvalue weighted by Gasteiger charge is 2.38. The molecule has 0 saturated heterocycles. The van der Waals surface area contributed by atoms with E-state index in [9.17, 15) is 9.90 Å². The maximum absolute atomic E-state index is 11.6. The summed E-state index contributed by atoms with van der Waals surface area (Å²) in [5.41, 5.74) is -0.562. The number of carboxylic acids is 1. The van der Waals surface area contributed by atoms with Gasteiger partial charge in [0.15, 0.2) is 0 Å². The van der Waals surface area contributed by atoms with Crippen molar-refractivity contribution in [3.63, 3.8) is 0 Å². The predicted octanol–water partition coefficient (Wildman–Crippen LogP) is 2.48. The first-order chi connectivity index (χ1) is 9.71. The van der Waals surface area contributed by atoms with Crippen molar-refractivity contribution in [1.82, 2.24) is 0 Å². The lowest BCUT2D eigenvalue weighted by Crippen LogP contribution is -2.32. The first kappa shape index (κ1) is 17.4. The van der Waals surface area contributed by atoms with Gasteiger partial charge in [-0.15, -0.1) is 0 Å². The van der Waals surface area contributed by atoms with Gasteiger partial charge >= 0.3 is 5.97 Å². The molecular weight excluding hydrogens is 260 g/mol. The lowest BCUT2D eigenvalue weighted by molar-refractivity contribution is -0.151. The van der Waals surface area contributed by atoms with Gasteiger partial charge < -0.3 is 19.3 Å². The second-order valence-electron chi connectivity index (χ2n) is 5.47. The molecule has 1 fully saturated rings. The Morgan fingerprint density at radius 3 is 2.05 bits per heavy atom. The number of carboxylic acid groups (broad SMARTS) is 1. The average molecular weight is 288 g/mol. The van der Waals surface area contributed by atoms with Crippen molar-refractivity contribution >= 4 is 5.97 Å². The van der Waals surface area contributed by atoms with E-state index >= 15 is 0 Å². The van der Waals surface area contributed by atoms with Crippen LogP contribution in [0.4, 0.5) is 0 Å². The van der Waals surface area contributed by atoms with E-state index in [1.165, 1.54) is 0 Å². The quantitative estimate of drug-likeness (QED) is 0.494. The summed E-state index contributed by atoms with van der Waals surface area (Å²) < 4.78 is 15.7. The molecular formula is C15H28O5. The van der Waals surface area contributed by atoms with Crippen LogP contribution >= 0.6 is 0 Å². The monoisotopic (exact) mass is 288 g/mol. The third-order valence-electron chi connectivity index (χ3n) is 4.04. The van der Waals surface area contributed by atoms with Gasteiger partial charge in [-0.05, 0) is 19.3 Å². The minimum absolute atomic E-state index is 0.500. The molecule has 0 aromatic rings. The van der Waals surface area contributed by atoms with Crippen LogP contribution in [0.2, 0.25) is 0 Å². The molecule has 0 amide bonds. The van der Waals surface area contributed by atoms with Crippen molar-refractivity contribution in [3.05, 3.63) is 0 Å². The van der Waals surface area contributed by atoms with E-state index < -0.39 is 11.4 Å². The highest BCUT2D eigenvalue weighted by molar-refractivity contribution is 5.74. The maximum atomic E-state index is 11.6. The Balaban J connectivity index is 2.17. The number of hydrogen-bond donors (Lipinski definition) is 1. The molecule has 0 bridgehead atoms. The smallest absolute Gasteiger partial charge is 0.309 e. The average Bonchev–Trinajstić information content (AvgIpc) is 2.68. The van der Waals surface area contributed by atoms with Crippen LogP contribution in [-0.2, 0) is 19.0 Å². The molecule has 0 atom stereocenters. The van der Waals surface area contributed by atoms with Crippen molar-refractivity contribution in [2.75, 3.05) is 40.1 Å². The van der Waals surface area contributed by atoms with Gasteiger partial charge in [-0.1, -0.05) is 25.7 Å². The molecule has 1 rings (SSSR count). The van der Waals surface area contributed by atoms with E-state index in [1.54, 1.807) is 7.11 Å². The van der Waals surface area contributed by atoms with Gasteiger partial charge in [0.25, 0.3) is 0 Å². The Morgan fingerprint density at radius 1 is 0.950 bits per heavy atom. The van der Waals surface area contributed by atoms with E-state index in [4.69, 9.17) is 14.2 Å². The third kappa shape index (κ3) is 6.20. The highest BCUT2D eigenvalue weighted by Crippen LogP contribution is 2.38. The molecule has 0 radical (unpaired) electrons. The molecule has 0 unspecified atom stereocenters. The van der Waals surface area contributed by atoms with E-state index in [0.29, 0.717) is 39.5 Å². The molecule has 1 N–H and O–H groups in total. The Bertz CT molecular complexity index is 259. The molecule has 118 valence electrons. The van der Waals surface area contributed by atoms with Gasteiger partial charge in [-0.2, -0.15) is 0 Å². The van der Waals surface area contributed by atoms with Crippen LogP contribution < -0.4 is 0 Å². The fraction of sp³-hybridized carbons (Fsp3) is 0.933. The van der Waals surface area contributed by atoms with Crippen molar-refractivity contribution in [1.29, 1.82) is 0 Å². The van der Waals surface area contributed by atoms with Gasteiger partial charge in [0.05, 0.1) is 31.8 Å². The minimum Gasteiger partial charge on any atom is -0.481 e. The lowest BCUT2D eigenvalue weighted by Gasteiger charge is -2.27. The van der Waals surface area contributed by atoms with Gasteiger partial charge in [-0.25, -0.2) is 0 Å². The fourth-order valence-electron chi connectivity index (χ4n) is 2.71. The highest BCUT2D eigenvalue weighted by atomic mass is 16.5. The normalized spacial score (nSPS) is 18.6. The second kappa shape index (κ2) is 10.1. The number of aliphatic carboxylic acids is 1. The van der Waals surface area contributed by atoms with Gasteiger partial charge in [0.1, 0.15) is 0 Å². The summed E-state index contributed by atoms with van der Waals surface area (Å²) in [6.07, 6.45) is 6.54. The maximum Gasteiger partial charge on any atom is 0.309 e. The SMILES string of the molecule is COCCOCCOCCC1(C(=O)O)CCCCCC1. The lowest BCUT2D eigenvalue weighted by atomic mass is 9.78. The first-order valence-corrected chi connectivity index (χ1v) is 7.59. The van der Waals surface area contributed by atoms with Crippen molar-refractivity contribution in [2.45, 2.75) is 44.9 Å². The molecule has 1 aliphatic rings. The summed E-state index contributed by atoms with van der Waals surface area (Å²) in [6.45, 7) is 2.70. The second-order valence-corrected chi connectivity index (χ2v) is 5.47. The summed E-state index contributed by atoms with van der Waals surface area (Å²) in [4.78, 5) is 11.6. The molecule has 0 heterocycles. The van der Waals surface area contributed by atoms with Crippen LogP contribution in [0.25, 0.3) is 0 Å². The van der Waals surface area contributed by atoms with Crippen LogP contribution in [0, 0.1) is 5.41 Å². The molecule has 20 heavy (non-hydrogen) atoms. The summed E-state index contributed by atoms with van der Waals surface area (Å²) >= 11 is 0. The third-order valence-corrected chi connectivity index (χ3v) is 4.04. The number of methoxy groups -OCH3 is 1. The van der Waals surface area contributed by atoms with Crippen molar-refractivity contribution < 1.29 is 24.1 Å². The van der Waals surface area contributed by atoms with E-state index in [1.807, 2.05) is 0 Å². The number of hydrogen-bond acceptors (Lipinski definition) is 4. The summed E-state index contributed by atoms with van der Waals surface area (Å²) in [5, 5.41) is 9.52. The zero-order valence-electron chi connectivity index (χ0n) is 12.6. The number of rotatable bonds is 10. The largest absolute Gasteiger partial charge is 0.481 e. The molecule has 1 aliphatic carbocycles. The zero-order valence-corrected chi connectivity index (χ0v) is 12.6. The Kier molecular flexibility index (Phi) is 8.82. The number of carbonyl (C=O) groups is 1. The van der Waals surface area contributed by atoms with E-state index in [0.717, 1.165) is 38.5 Å². The first-order valence-electron chi connectivity index (χ1n) is 7.59. The molecule has 5 nitrogen and oxygen atoms in total. The Labute approximate surface area is 121 Å². The zero-order chi connectivity index (χ0) is 14.7. The summed E-state index contributed by atoms with van der Waals surface area (Å²) in [5.74, 6) is -0.653. The molecule has 0 spiro atoms. The van der Waals surface area contributed by atoms with Gasteiger partial charge in [-0.3, -0.25) is 4.79 Å². The van der Waals surface area contributed by atoms with Gasteiger partial charge in [0.2, 0.25) is 0 Å². The Morgan fingerprint density at radius 2 is 1.50 bits per heavy atom. The summed E-state index contributed by atoms with van der Waals surface area (Å²) in [6, 6.07) is 0. The van der Waals surface area contributed by atoms with Crippen molar-refractivity contribution in [2.24, 2.45) is 5.41 Å². The Hall–Kier alpha value is -0.650. The number of ether oxygens (including phenoxy) is 3. The minimum atomic E-state index is -0.653. The van der Waals surface area contributed by atoms with Gasteiger partial charge in [0, 0.05) is 13.7 Å². The van der Waals surface area contributed by atoms with Crippen molar-refractivity contribution in [3.8, 4) is 0 Å². The standard InChI is InChI=1S/C15H28O5/c1-18-10-11-20-13-12-19-9-8-15(14(16)17)6-4-2-3-5-7-15/h2-13H2,1H3,(H,16,17). The van der Waals surface area contributed by atoms with Crippen LogP contribution in [0.1, 0.15) is 44.9 Å². The molecule has 1 saturated carbocycles. The molecule has 0 aliphatic heterocycles. The fourth-order valence-corrected chi connectivity index (χ4v) is 2.71. The van der Waals surface area contributed by atoms with E-state index in [-0.39, 0.29) is 0 Å². The van der Waals surface area contributed by atoms with E-state index in [2.05, 4.69) is 0 Å². The molecule has 0 aromatic carbocycles. The molecule has 5 heteroatoms. The van der Waals surface area contributed by atoms with Crippen LogP contribution in [0.15, 0.2) is 0 Å². The van der Waals surface area contributed by atoms with Crippen LogP contribution in [0.5, 0.6) is 0 Å². The summed E-state index contributed by atoms with van der Waals surface area (Å²) in [7, 11) is 1.64. The topological polar surface area (TPSA) is 65.0 Å². The predicted molar refractivity (Wildman–Crippen MR) is 75.9 cm³/mol. The van der Waals surface area contributed by atoms with Crippen LogP contribution in [-0.4, -0.2) is 51.2 Å².